The molecule has 0 saturated carbocycles. The smallest absolute Gasteiger partial charge is 0.253 e. The number of halogens is 1. The van der Waals surface area contributed by atoms with Crippen LogP contribution < -0.4 is 5.32 Å². The van der Waals surface area contributed by atoms with Crippen LogP contribution in [-0.2, 0) is 0 Å². The van der Waals surface area contributed by atoms with Crippen LogP contribution >= 0.6 is 0 Å². The van der Waals surface area contributed by atoms with E-state index in [1.54, 1.807) is 38.4 Å². The van der Waals surface area contributed by atoms with E-state index < -0.39 is 6.67 Å². The third kappa shape index (κ3) is 7.33. The number of amidine groups is 1. The van der Waals surface area contributed by atoms with Crippen molar-refractivity contribution >= 4 is 11.7 Å². The van der Waals surface area contributed by atoms with Gasteiger partial charge in [-0.3, -0.25) is 9.79 Å². The Morgan fingerprint density at radius 2 is 1.93 bits per heavy atom. The first kappa shape index (κ1) is 21.9. The molecule has 0 bridgehead atoms. The average molecular weight is 367 g/mol. The summed E-state index contributed by atoms with van der Waals surface area (Å²) in [5, 5.41) is 3.08. The van der Waals surface area contributed by atoms with E-state index >= 15 is 0 Å². The lowest BCUT2D eigenvalue weighted by Gasteiger charge is -2.14. The second-order valence-corrected chi connectivity index (χ2v) is 6.09. The number of nitrogens with one attached hydrogen (secondary N) is 1. The van der Waals surface area contributed by atoms with Crippen LogP contribution in [-0.4, -0.2) is 44.0 Å². The number of amides is 1. The molecule has 1 N–H and O–H groups in total. The van der Waals surface area contributed by atoms with E-state index in [0.29, 0.717) is 17.1 Å². The number of hydrogen-bond donors (Lipinski definition) is 1. The first-order chi connectivity index (χ1) is 12.8. The largest absolute Gasteiger partial charge is 0.339 e. The van der Waals surface area contributed by atoms with E-state index in [1.165, 1.54) is 4.90 Å². The summed E-state index contributed by atoms with van der Waals surface area (Å²) in [6.45, 7) is 11.1. The predicted octanol–water partition coefficient (Wildman–Crippen LogP) is 3.73. The highest BCUT2D eigenvalue weighted by Gasteiger charge is 2.10. The molecule has 1 aromatic rings. The Morgan fingerprint density at radius 1 is 1.30 bits per heavy atom. The van der Waals surface area contributed by atoms with Gasteiger partial charge in [-0.05, 0) is 49.6 Å². The summed E-state index contributed by atoms with van der Waals surface area (Å²) in [7, 11) is 3.26. The van der Waals surface area contributed by atoms with Gasteiger partial charge in [0.15, 0.2) is 0 Å². The zero-order valence-electron chi connectivity index (χ0n) is 16.4. The first-order valence-electron chi connectivity index (χ1n) is 8.49. The van der Waals surface area contributed by atoms with Gasteiger partial charge in [-0.1, -0.05) is 30.7 Å². The van der Waals surface area contributed by atoms with Crippen LogP contribution in [0, 0.1) is 11.8 Å². The zero-order valence-corrected chi connectivity index (χ0v) is 16.4. The van der Waals surface area contributed by atoms with Gasteiger partial charge in [0, 0.05) is 31.8 Å². The van der Waals surface area contributed by atoms with Crippen LogP contribution in [0.1, 0.15) is 29.8 Å². The molecule has 27 heavy (non-hydrogen) atoms. The standard InChI is InChI=1S/C22H26FN3O/c1-16(2)15-17(3)21(24-5)25-18(4)7-8-19-9-11-20(12-10-19)22(27)26(6)14-13-23/h9-12,15H,1,4,13-14H2,2-3,5-6H3,(H,24,25)/b17-15-. The first-order valence-corrected chi connectivity index (χ1v) is 8.49. The maximum Gasteiger partial charge on any atom is 0.253 e. The van der Waals surface area contributed by atoms with Crippen molar-refractivity contribution in [1.29, 1.82) is 0 Å². The molecular formula is C22H26FN3O. The fourth-order valence-electron chi connectivity index (χ4n) is 2.24. The van der Waals surface area contributed by atoms with Crippen molar-refractivity contribution in [3.8, 4) is 11.8 Å². The van der Waals surface area contributed by atoms with Gasteiger partial charge in [0.1, 0.15) is 12.5 Å². The normalized spacial score (nSPS) is 11.3. The maximum atomic E-state index is 12.3. The Balaban J connectivity index is 2.80. The Hall–Kier alpha value is -3.13. The SMILES string of the molecule is C=C(C)/C=C(/C)C(=NC)NC(=C)C#Cc1ccc(C(=O)N(C)CCF)cc1. The maximum absolute atomic E-state index is 12.3. The van der Waals surface area contributed by atoms with E-state index in [0.717, 1.165) is 16.7 Å². The van der Waals surface area contributed by atoms with Crippen LogP contribution in [0.2, 0.25) is 0 Å². The number of rotatable bonds is 6. The molecule has 1 aromatic carbocycles. The van der Waals surface area contributed by atoms with Crippen LogP contribution in [0.15, 0.2) is 65.3 Å². The minimum Gasteiger partial charge on any atom is -0.339 e. The molecule has 142 valence electrons. The summed E-state index contributed by atoms with van der Waals surface area (Å²) in [6, 6.07) is 6.85. The Kier molecular flexibility index (Phi) is 8.74. The van der Waals surface area contributed by atoms with E-state index in [9.17, 15) is 9.18 Å². The lowest BCUT2D eigenvalue weighted by atomic mass is 10.1. The van der Waals surface area contributed by atoms with Crippen molar-refractivity contribution in [3.63, 3.8) is 0 Å². The summed E-state index contributed by atoms with van der Waals surface area (Å²) in [5.41, 5.74) is 3.61. The molecule has 0 aromatic heterocycles. The Morgan fingerprint density at radius 3 is 2.44 bits per heavy atom. The van der Waals surface area contributed by atoms with Gasteiger partial charge in [0.25, 0.3) is 5.91 Å². The molecule has 0 spiro atoms. The highest BCUT2D eigenvalue weighted by Crippen LogP contribution is 2.07. The van der Waals surface area contributed by atoms with Gasteiger partial charge in [0.2, 0.25) is 0 Å². The monoisotopic (exact) mass is 367 g/mol. The number of nitrogens with zero attached hydrogens (tertiary/aromatic N) is 2. The highest BCUT2D eigenvalue weighted by molar-refractivity contribution is 5.99. The number of alkyl halides is 1. The van der Waals surface area contributed by atoms with Crippen LogP contribution in [0.3, 0.4) is 0 Å². The number of benzene rings is 1. The third-order valence-electron chi connectivity index (χ3n) is 3.59. The van der Waals surface area contributed by atoms with Gasteiger partial charge in [-0.15, -0.1) is 0 Å². The second kappa shape index (κ2) is 10.8. The molecule has 0 aliphatic heterocycles. The van der Waals surface area contributed by atoms with Crippen molar-refractivity contribution in [2.75, 3.05) is 27.3 Å². The van der Waals surface area contributed by atoms with Crippen molar-refractivity contribution in [2.45, 2.75) is 13.8 Å². The van der Waals surface area contributed by atoms with Crippen molar-refractivity contribution in [3.05, 3.63) is 71.5 Å². The van der Waals surface area contributed by atoms with Crippen LogP contribution in [0.25, 0.3) is 0 Å². The van der Waals surface area contributed by atoms with Gasteiger partial charge < -0.3 is 10.2 Å². The molecule has 5 heteroatoms. The van der Waals surface area contributed by atoms with Gasteiger partial charge >= 0.3 is 0 Å². The number of aliphatic imine (C=N–C) groups is 1. The minimum absolute atomic E-state index is 0.0758. The summed E-state index contributed by atoms with van der Waals surface area (Å²) in [5.74, 6) is 6.37. The predicted molar refractivity (Wildman–Crippen MR) is 110 cm³/mol. The molecule has 1 amide bonds. The lowest BCUT2D eigenvalue weighted by molar-refractivity contribution is 0.0786. The van der Waals surface area contributed by atoms with Crippen molar-refractivity contribution in [2.24, 2.45) is 4.99 Å². The summed E-state index contributed by atoms with van der Waals surface area (Å²) in [6.07, 6.45) is 1.92. The molecule has 0 aliphatic carbocycles. The number of carbonyl (C=O) groups is 1. The Bertz CT molecular complexity index is 823. The molecule has 0 atom stereocenters. The summed E-state index contributed by atoms with van der Waals surface area (Å²) < 4.78 is 12.3. The fourth-order valence-corrected chi connectivity index (χ4v) is 2.24. The van der Waals surface area contributed by atoms with E-state index in [4.69, 9.17) is 0 Å². The van der Waals surface area contributed by atoms with Crippen LogP contribution in [0.5, 0.6) is 0 Å². The van der Waals surface area contributed by atoms with Crippen molar-refractivity contribution in [1.82, 2.24) is 10.2 Å². The van der Waals surface area contributed by atoms with Gasteiger partial charge in [0.05, 0.1) is 5.70 Å². The molecule has 4 nitrogen and oxygen atoms in total. The summed E-state index contributed by atoms with van der Waals surface area (Å²) >= 11 is 0. The third-order valence-corrected chi connectivity index (χ3v) is 3.59. The highest BCUT2D eigenvalue weighted by atomic mass is 19.1. The molecule has 0 fully saturated rings. The molecule has 0 unspecified atom stereocenters. The second-order valence-electron chi connectivity index (χ2n) is 6.09. The molecule has 0 aliphatic rings. The summed E-state index contributed by atoms with van der Waals surface area (Å²) in [4.78, 5) is 17.6. The van der Waals surface area contributed by atoms with Crippen LogP contribution in [0.4, 0.5) is 4.39 Å². The minimum atomic E-state index is -0.564. The van der Waals surface area contributed by atoms with Crippen molar-refractivity contribution < 1.29 is 9.18 Å². The average Bonchev–Trinajstić information content (AvgIpc) is 2.63. The number of hydrogen-bond acceptors (Lipinski definition) is 2. The molecule has 0 heterocycles. The molecule has 0 radical (unpaired) electrons. The zero-order chi connectivity index (χ0) is 20.4. The van der Waals surface area contributed by atoms with E-state index in [2.05, 4.69) is 35.3 Å². The van der Waals surface area contributed by atoms with E-state index in [1.807, 2.05) is 19.9 Å². The fraction of sp³-hybridized carbons (Fsp3) is 0.273. The lowest BCUT2D eigenvalue weighted by Crippen LogP contribution is -2.28. The van der Waals surface area contributed by atoms with E-state index in [-0.39, 0.29) is 12.5 Å². The van der Waals surface area contributed by atoms with Gasteiger partial charge in [-0.2, -0.15) is 0 Å². The quantitative estimate of drug-likeness (QED) is 0.360. The molecule has 0 saturated heterocycles. The van der Waals surface area contributed by atoms with Gasteiger partial charge in [-0.25, -0.2) is 4.39 Å². The number of allylic oxidation sites excluding steroid dienone is 3. The topological polar surface area (TPSA) is 44.7 Å². The molecule has 1 rings (SSSR count). The Labute approximate surface area is 161 Å². The number of carbonyl (C=O) groups excluding carboxylic acids is 1. The molecular weight excluding hydrogens is 341 g/mol.